The number of benzene rings is 1. The molecule has 0 aromatic heterocycles. The van der Waals surface area contributed by atoms with Crippen LogP contribution in [0.25, 0.3) is 0 Å². The van der Waals surface area contributed by atoms with Crippen LogP contribution in [0.3, 0.4) is 0 Å². The smallest absolute Gasteiger partial charge is 0.227 e. The van der Waals surface area contributed by atoms with Gasteiger partial charge >= 0.3 is 0 Å². The highest BCUT2D eigenvalue weighted by Crippen LogP contribution is 2.48. The molecule has 1 aliphatic heterocycles. The largest absolute Gasteiger partial charge is 0.324 e. The molecule has 0 radical (unpaired) electrons. The van der Waals surface area contributed by atoms with E-state index in [9.17, 15) is 4.79 Å². The first-order chi connectivity index (χ1) is 8.22. The molecule has 1 aliphatic carbocycles. The average molecular weight is 228 g/mol. The third-order valence-electron chi connectivity index (χ3n) is 3.79. The predicted molar refractivity (Wildman–Crippen MR) is 67.9 cm³/mol. The van der Waals surface area contributed by atoms with Gasteiger partial charge in [0.1, 0.15) is 0 Å². The lowest BCUT2D eigenvalue weighted by atomic mass is 9.91. The van der Waals surface area contributed by atoms with E-state index in [2.05, 4.69) is 12.6 Å². The average Bonchev–Trinajstić information content (AvgIpc) is 2.63. The molecule has 0 bridgehead atoms. The van der Waals surface area contributed by atoms with Gasteiger partial charge in [-0.1, -0.05) is 18.2 Å². The Labute approximate surface area is 101 Å². The Balaban J connectivity index is 2.15. The molecule has 1 amide bonds. The van der Waals surface area contributed by atoms with E-state index in [1.807, 2.05) is 17.0 Å². The van der Waals surface area contributed by atoms with Crippen molar-refractivity contribution >= 4 is 11.6 Å². The Bertz CT molecular complexity index is 495. The summed E-state index contributed by atoms with van der Waals surface area (Å²) in [6, 6.07) is 6.19. The lowest BCUT2D eigenvalue weighted by molar-refractivity contribution is -0.119. The van der Waals surface area contributed by atoms with Gasteiger partial charge in [-0.2, -0.15) is 0 Å². The fourth-order valence-electron chi connectivity index (χ4n) is 3.10. The lowest BCUT2D eigenvalue weighted by Crippen LogP contribution is -2.36. The second kappa shape index (κ2) is 3.70. The molecule has 2 aliphatic rings. The van der Waals surface area contributed by atoms with Crippen molar-refractivity contribution in [3.05, 3.63) is 42.0 Å². The normalized spacial score (nSPS) is 25.9. The molecular formula is C14H16N2O. The number of amides is 1. The van der Waals surface area contributed by atoms with Crippen molar-refractivity contribution in [2.24, 2.45) is 5.73 Å². The molecule has 2 N–H and O–H groups in total. The zero-order chi connectivity index (χ0) is 12.0. The van der Waals surface area contributed by atoms with E-state index in [4.69, 9.17) is 5.73 Å². The Morgan fingerprint density at radius 1 is 1.53 bits per heavy atom. The highest BCUT2D eigenvalue weighted by molar-refractivity contribution is 5.98. The number of nitrogens with two attached hydrogens (primary N) is 1. The summed E-state index contributed by atoms with van der Waals surface area (Å²) in [6.45, 7) is 4.30. The minimum absolute atomic E-state index is 0.0893. The zero-order valence-electron chi connectivity index (χ0n) is 9.73. The molecule has 3 rings (SSSR count). The van der Waals surface area contributed by atoms with E-state index in [0.29, 0.717) is 18.9 Å². The highest BCUT2D eigenvalue weighted by atomic mass is 16.2. The second-order valence-corrected chi connectivity index (χ2v) is 4.82. The van der Waals surface area contributed by atoms with Crippen LogP contribution >= 0.6 is 0 Å². The summed E-state index contributed by atoms with van der Waals surface area (Å²) in [5.41, 5.74) is 9.67. The summed E-state index contributed by atoms with van der Waals surface area (Å²) in [7, 11) is 0. The monoisotopic (exact) mass is 228 g/mol. The fourth-order valence-corrected chi connectivity index (χ4v) is 3.10. The Morgan fingerprint density at radius 2 is 2.35 bits per heavy atom. The Morgan fingerprint density at radius 3 is 3.12 bits per heavy atom. The van der Waals surface area contributed by atoms with E-state index in [1.54, 1.807) is 6.08 Å². The summed E-state index contributed by atoms with van der Waals surface area (Å²) in [5, 5.41) is 0. The SMILES string of the molecule is C=CCN1C(=O)CC2CC(N)c3cccc1c32. The molecule has 1 aromatic rings. The number of carbonyl (C=O) groups is 1. The maximum absolute atomic E-state index is 12.1. The van der Waals surface area contributed by atoms with Gasteiger partial charge in [-0.15, -0.1) is 6.58 Å². The van der Waals surface area contributed by atoms with E-state index in [-0.39, 0.29) is 11.9 Å². The molecule has 0 saturated heterocycles. The lowest BCUT2D eigenvalue weighted by Gasteiger charge is -2.31. The number of nitrogens with zero attached hydrogens (tertiary/aromatic N) is 1. The summed E-state index contributed by atoms with van der Waals surface area (Å²) >= 11 is 0. The van der Waals surface area contributed by atoms with Crippen LogP contribution in [0.1, 0.15) is 35.9 Å². The van der Waals surface area contributed by atoms with Crippen molar-refractivity contribution in [2.75, 3.05) is 11.4 Å². The van der Waals surface area contributed by atoms with Crippen molar-refractivity contribution in [1.29, 1.82) is 0 Å². The van der Waals surface area contributed by atoms with Crippen LogP contribution in [0.4, 0.5) is 5.69 Å². The number of hydrogen-bond acceptors (Lipinski definition) is 2. The Hall–Kier alpha value is -1.61. The number of hydrogen-bond donors (Lipinski definition) is 1. The van der Waals surface area contributed by atoms with Crippen LogP contribution < -0.4 is 10.6 Å². The summed E-state index contributed by atoms with van der Waals surface area (Å²) in [5.74, 6) is 0.512. The fraction of sp³-hybridized carbons (Fsp3) is 0.357. The maximum Gasteiger partial charge on any atom is 0.227 e. The summed E-state index contributed by atoms with van der Waals surface area (Å²) in [6.07, 6.45) is 3.26. The highest BCUT2D eigenvalue weighted by Gasteiger charge is 2.38. The maximum atomic E-state index is 12.1. The molecule has 2 atom stereocenters. The van der Waals surface area contributed by atoms with Gasteiger partial charge in [-0.05, 0) is 29.5 Å². The molecular weight excluding hydrogens is 212 g/mol. The van der Waals surface area contributed by atoms with Crippen molar-refractivity contribution < 1.29 is 4.79 Å². The topological polar surface area (TPSA) is 46.3 Å². The second-order valence-electron chi connectivity index (χ2n) is 4.82. The van der Waals surface area contributed by atoms with Crippen molar-refractivity contribution in [3.63, 3.8) is 0 Å². The van der Waals surface area contributed by atoms with Gasteiger partial charge in [0.15, 0.2) is 0 Å². The van der Waals surface area contributed by atoms with Gasteiger partial charge in [0, 0.05) is 24.7 Å². The quantitative estimate of drug-likeness (QED) is 0.788. The van der Waals surface area contributed by atoms with E-state index < -0.39 is 0 Å². The van der Waals surface area contributed by atoms with Gasteiger partial charge < -0.3 is 10.6 Å². The summed E-state index contributed by atoms with van der Waals surface area (Å²) < 4.78 is 0. The molecule has 0 fully saturated rings. The summed E-state index contributed by atoms with van der Waals surface area (Å²) in [4.78, 5) is 13.9. The van der Waals surface area contributed by atoms with E-state index >= 15 is 0 Å². The molecule has 3 nitrogen and oxygen atoms in total. The molecule has 1 heterocycles. The number of rotatable bonds is 2. The number of carbonyl (C=O) groups excluding carboxylic acids is 1. The van der Waals surface area contributed by atoms with Crippen molar-refractivity contribution in [1.82, 2.24) is 0 Å². The number of anilines is 1. The van der Waals surface area contributed by atoms with Crippen LogP contribution in [-0.4, -0.2) is 12.5 Å². The molecule has 2 unspecified atom stereocenters. The molecule has 0 spiro atoms. The molecule has 1 aromatic carbocycles. The van der Waals surface area contributed by atoms with E-state index in [1.165, 1.54) is 11.1 Å². The third kappa shape index (κ3) is 1.42. The minimum Gasteiger partial charge on any atom is -0.324 e. The van der Waals surface area contributed by atoms with Crippen LogP contribution in [0.5, 0.6) is 0 Å². The standard InChI is InChI=1S/C14H16N2O/c1-2-6-16-12-5-3-4-10-11(15)7-9(14(10)12)8-13(16)17/h2-5,9,11H,1,6-8,15H2. The first-order valence-electron chi connectivity index (χ1n) is 6.02. The van der Waals surface area contributed by atoms with Gasteiger partial charge in [0.05, 0.1) is 0 Å². The van der Waals surface area contributed by atoms with Gasteiger partial charge in [-0.25, -0.2) is 0 Å². The first kappa shape index (κ1) is 10.5. The molecule has 3 heteroatoms. The van der Waals surface area contributed by atoms with Gasteiger partial charge in [-0.3, -0.25) is 4.79 Å². The van der Waals surface area contributed by atoms with Crippen LogP contribution in [0, 0.1) is 0 Å². The first-order valence-corrected chi connectivity index (χ1v) is 6.02. The van der Waals surface area contributed by atoms with Gasteiger partial charge in [0.2, 0.25) is 5.91 Å². The predicted octanol–water partition coefficient (Wildman–Crippen LogP) is 2.10. The van der Waals surface area contributed by atoms with Crippen LogP contribution in [0.15, 0.2) is 30.9 Å². The minimum atomic E-state index is 0.0893. The van der Waals surface area contributed by atoms with Gasteiger partial charge in [0.25, 0.3) is 0 Å². The van der Waals surface area contributed by atoms with Crippen LogP contribution in [-0.2, 0) is 4.79 Å². The van der Waals surface area contributed by atoms with Crippen molar-refractivity contribution in [2.45, 2.75) is 24.8 Å². The molecule has 0 saturated carbocycles. The van der Waals surface area contributed by atoms with Crippen molar-refractivity contribution in [3.8, 4) is 0 Å². The Kier molecular flexibility index (Phi) is 2.30. The zero-order valence-corrected chi connectivity index (χ0v) is 9.73. The van der Waals surface area contributed by atoms with E-state index in [0.717, 1.165) is 12.1 Å². The van der Waals surface area contributed by atoms with Crippen LogP contribution in [0.2, 0.25) is 0 Å². The third-order valence-corrected chi connectivity index (χ3v) is 3.79. The molecule has 88 valence electrons. The molecule has 17 heavy (non-hydrogen) atoms.